The van der Waals surface area contributed by atoms with Gasteiger partial charge in [0.05, 0.1) is 17.7 Å². The van der Waals surface area contributed by atoms with Crippen LogP contribution in [0.2, 0.25) is 0 Å². The van der Waals surface area contributed by atoms with Crippen LogP contribution < -0.4 is 14.2 Å². The van der Waals surface area contributed by atoms with Gasteiger partial charge in [-0.15, -0.1) is 0 Å². The molecule has 1 N–H and O–H groups in total. The maximum Gasteiger partial charge on any atom is 0.295 e. The van der Waals surface area contributed by atoms with Gasteiger partial charge in [-0.2, -0.15) is 0 Å². The van der Waals surface area contributed by atoms with E-state index in [2.05, 4.69) is 0 Å². The molecule has 0 radical (unpaired) electrons. The number of hydrogen-bond acceptors (Lipinski definition) is 7. The highest BCUT2D eigenvalue weighted by molar-refractivity contribution is 6.46. The number of ether oxygens (including phenoxy) is 3. The number of rotatable bonds is 8. The van der Waals surface area contributed by atoms with Crippen molar-refractivity contribution in [2.75, 3.05) is 34.0 Å². The number of hydrogen-bond donors (Lipinski definition) is 1. The van der Waals surface area contributed by atoms with E-state index in [1.54, 1.807) is 42.5 Å². The molecule has 0 saturated carbocycles. The van der Waals surface area contributed by atoms with Gasteiger partial charge in [0, 0.05) is 12.1 Å². The summed E-state index contributed by atoms with van der Waals surface area (Å²) in [5.41, 5.74) is 1.18. The molecular weight excluding hydrogens is 436 g/mol. The lowest BCUT2D eigenvalue weighted by molar-refractivity contribution is -0.139. The number of carbonyl (C=O) groups is 2. The van der Waals surface area contributed by atoms with Crippen molar-refractivity contribution in [2.24, 2.45) is 0 Å². The summed E-state index contributed by atoms with van der Waals surface area (Å²) >= 11 is 0. The molecule has 1 saturated heterocycles. The van der Waals surface area contributed by atoms with Gasteiger partial charge in [0.15, 0.2) is 11.5 Å². The average molecular weight is 467 g/mol. The summed E-state index contributed by atoms with van der Waals surface area (Å²) in [4.78, 5) is 29.8. The van der Waals surface area contributed by atoms with E-state index >= 15 is 0 Å². The summed E-state index contributed by atoms with van der Waals surface area (Å²) in [5, 5.41) is 11.2. The molecule has 2 aromatic rings. The van der Waals surface area contributed by atoms with Crippen LogP contribution in [-0.4, -0.2) is 66.7 Å². The molecule has 0 spiro atoms. The van der Waals surface area contributed by atoms with E-state index in [-0.39, 0.29) is 24.2 Å². The second-order valence-electron chi connectivity index (χ2n) is 8.95. The minimum atomic E-state index is -0.733. The molecule has 34 heavy (non-hydrogen) atoms. The fourth-order valence-corrected chi connectivity index (χ4v) is 4.22. The Kier molecular flexibility index (Phi) is 6.79. The zero-order chi connectivity index (χ0) is 24.4. The Morgan fingerprint density at radius 1 is 1.12 bits per heavy atom. The minimum Gasteiger partial charge on any atom is -0.507 e. The van der Waals surface area contributed by atoms with E-state index in [0.717, 1.165) is 6.54 Å². The highest BCUT2D eigenvalue weighted by atomic mass is 16.7. The molecule has 2 aliphatic rings. The fourth-order valence-electron chi connectivity index (χ4n) is 4.22. The Morgan fingerprint density at radius 2 is 1.82 bits per heavy atom. The number of amides is 1. The lowest BCUT2D eigenvalue weighted by atomic mass is 9.95. The summed E-state index contributed by atoms with van der Waals surface area (Å²) in [6.07, 6.45) is 0.695. The van der Waals surface area contributed by atoms with Crippen molar-refractivity contribution in [3.8, 4) is 17.2 Å². The Balaban J connectivity index is 1.75. The SMILES string of the molecule is CC(C)Oc1ccc(/C(O)=C2/C(=O)C(=O)N(CCCN(C)C)C2c2ccc3c(c2)OCO3)cc1. The van der Waals surface area contributed by atoms with Crippen LogP contribution in [0.15, 0.2) is 48.0 Å². The zero-order valence-electron chi connectivity index (χ0n) is 19.9. The van der Waals surface area contributed by atoms with Gasteiger partial charge >= 0.3 is 0 Å². The number of ketones is 1. The molecule has 4 rings (SSSR count). The van der Waals surface area contributed by atoms with E-state index in [1.165, 1.54) is 4.90 Å². The standard InChI is InChI=1S/C26H30N2O6/c1-16(2)34-19-9-6-17(7-10-19)24(29)22-23(18-8-11-20-21(14-18)33-15-32-20)28(26(31)25(22)30)13-5-12-27(3)4/h6-11,14,16,23,29H,5,12-13,15H2,1-4H3/b24-22-. The van der Waals surface area contributed by atoms with E-state index in [0.29, 0.717) is 41.3 Å². The van der Waals surface area contributed by atoms with Gasteiger partial charge in [-0.1, -0.05) is 6.07 Å². The van der Waals surface area contributed by atoms with E-state index in [9.17, 15) is 14.7 Å². The van der Waals surface area contributed by atoms with Gasteiger partial charge in [-0.05, 0) is 82.9 Å². The fraction of sp³-hybridized carbons (Fsp3) is 0.385. The van der Waals surface area contributed by atoms with Crippen molar-refractivity contribution >= 4 is 17.4 Å². The number of aliphatic hydroxyl groups is 1. The molecule has 2 aliphatic heterocycles. The maximum absolute atomic E-state index is 13.2. The van der Waals surface area contributed by atoms with Crippen LogP contribution in [0.3, 0.4) is 0 Å². The molecule has 2 heterocycles. The zero-order valence-corrected chi connectivity index (χ0v) is 19.9. The Labute approximate surface area is 199 Å². The lowest BCUT2D eigenvalue weighted by Crippen LogP contribution is -2.32. The second-order valence-corrected chi connectivity index (χ2v) is 8.95. The number of benzene rings is 2. The third-order valence-electron chi connectivity index (χ3n) is 5.76. The highest BCUT2D eigenvalue weighted by Gasteiger charge is 2.46. The maximum atomic E-state index is 13.2. The molecular formula is C26H30N2O6. The summed E-state index contributed by atoms with van der Waals surface area (Å²) < 4.78 is 16.6. The van der Waals surface area contributed by atoms with Crippen molar-refractivity contribution in [1.82, 2.24) is 9.80 Å². The molecule has 0 aliphatic carbocycles. The number of likely N-dealkylation sites (tertiary alicyclic amines) is 1. The van der Waals surface area contributed by atoms with Crippen LogP contribution in [0.4, 0.5) is 0 Å². The first-order valence-electron chi connectivity index (χ1n) is 11.4. The van der Waals surface area contributed by atoms with Crippen molar-refractivity contribution in [3.63, 3.8) is 0 Å². The predicted molar refractivity (Wildman–Crippen MR) is 127 cm³/mol. The third kappa shape index (κ3) is 4.72. The smallest absolute Gasteiger partial charge is 0.295 e. The molecule has 180 valence electrons. The number of fused-ring (bicyclic) bond motifs is 1. The van der Waals surface area contributed by atoms with Crippen LogP contribution in [0.1, 0.15) is 37.4 Å². The van der Waals surface area contributed by atoms with Crippen LogP contribution in [-0.2, 0) is 9.59 Å². The second kappa shape index (κ2) is 9.77. The van der Waals surface area contributed by atoms with Crippen molar-refractivity contribution in [3.05, 3.63) is 59.2 Å². The van der Waals surface area contributed by atoms with Gasteiger partial charge in [0.1, 0.15) is 11.5 Å². The molecule has 0 bridgehead atoms. The van der Waals surface area contributed by atoms with Gasteiger partial charge in [0.25, 0.3) is 11.7 Å². The van der Waals surface area contributed by atoms with Gasteiger partial charge in [0.2, 0.25) is 6.79 Å². The number of nitrogens with zero attached hydrogens (tertiary/aromatic N) is 2. The van der Waals surface area contributed by atoms with Crippen LogP contribution in [0, 0.1) is 0 Å². The third-order valence-corrected chi connectivity index (χ3v) is 5.76. The number of carbonyl (C=O) groups excluding carboxylic acids is 2. The summed E-state index contributed by atoms with van der Waals surface area (Å²) in [6, 6.07) is 11.4. The van der Waals surface area contributed by atoms with Crippen LogP contribution in [0.5, 0.6) is 17.2 Å². The van der Waals surface area contributed by atoms with Crippen molar-refractivity contribution < 1.29 is 28.9 Å². The number of aliphatic hydroxyl groups excluding tert-OH is 1. The lowest BCUT2D eigenvalue weighted by Gasteiger charge is -2.26. The van der Waals surface area contributed by atoms with E-state index in [1.807, 2.05) is 32.8 Å². The molecule has 1 amide bonds. The van der Waals surface area contributed by atoms with Gasteiger partial charge in [-0.25, -0.2) is 0 Å². The topological polar surface area (TPSA) is 88.5 Å². The summed E-state index contributed by atoms with van der Waals surface area (Å²) in [6.45, 7) is 5.11. The monoisotopic (exact) mass is 466 g/mol. The first-order valence-corrected chi connectivity index (χ1v) is 11.4. The molecule has 8 heteroatoms. The average Bonchev–Trinajstić information content (AvgIpc) is 3.36. The molecule has 2 aromatic carbocycles. The molecule has 1 unspecified atom stereocenters. The van der Waals surface area contributed by atoms with Crippen molar-refractivity contribution in [2.45, 2.75) is 32.4 Å². The quantitative estimate of drug-likeness (QED) is 0.361. The molecule has 0 aromatic heterocycles. The predicted octanol–water partition coefficient (Wildman–Crippen LogP) is 3.58. The van der Waals surface area contributed by atoms with Gasteiger partial charge < -0.3 is 29.1 Å². The number of Topliss-reactive ketones (excluding diaryl/α,β-unsaturated/α-hetero) is 1. The van der Waals surface area contributed by atoms with Gasteiger partial charge in [-0.3, -0.25) is 9.59 Å². The molecule has 1 atom stereocenters. The molecule has 8 nitrogen and oxygen atoms in total. The van der Waals surface area contributed by atoms with Crippen LogP contribution in [0.25, 0.3) is 5.76 Å². The Morgan fingerprint density at radius 3 is 2.50 bits per heavy atom. The first-order chi connectivity index (χ1) is 16.3. The largest absolute Gasteiger partial charge is 0.507 e. The van der Waals surface area contributed by atoms with Crippen molar-refractivity contribution in [1.29, 1.82) is 0 Å². The van der Waals surface area contributed by atoms with E-state index in [4.69, 9.17) is 14.2 Å². The first kappa shape index (κ1) is 23.6. The molecule has 1 fully saturated rings. The van der Waals surface area contributed by atoms with E-state index < -0.39 is 17.7 Å². The summed E-state index contributed by atoms with van der Waals surface area (Å²) in [7, 11) is 3.91. The highest BCUT2D eigenvalue weighted by Crippen LogP contribution is 2.43. The Bertz CT molecular complexity index is 1110. The normalized spacial score (nSPS) is 18.9. The minimum absolute atomic E-state index is 0.0120. The summed E-state index contributed by atoms with van der Waals surface area (Å²) in [5.74, 6) is 0.270. The Hall–Kier alpha value is -3.52. The van der Waals surface area contributed by atoms with Crippen LogP contribution >= 0.6 is 0 Å².